The van der Waals surface area contributed by atoms with E-state index in [2.05, 4.69) is 12.1 Å². The maximum Gasteiger partial charge on any atom is 0.228 e. The number of ether oxygens (including phenoxy) is 1. The lowest BCUT2D eigenvalue weighted by atomic mass is 10.0. The molecule has 0 radical (unpaired) electrons. The summed E-state index contributed by atoms with van der Waals surface area (Å²) in [5, 5.41) is 0. The molecule has 0 N–H and O–H groups in total. The Balaban J connectivity index is 1.55. The van der Waals surface area contributed by atoms with Crippen molar-refractivity contribution in [2.24, 2.45) is 0 Å². The third-order valence-electron chi connectivity index (χ3n) is 6.44. The van der Waals surface area contributed by atoms with Crippen LogP contribution in [0, 0.1) is 6.92 Å². The number of fused-ring (bicyclic) bond motifs is 1. The predicted molar refractivity (Wildman–Crippen MR) is 122 cm³/mol. The van der Waals surface area contributed by atoms with Gasteiger partial charge >= 0.3 is 0 Å². The Hall–Kier alpha value is -2.80. The molecular weight excluding hydrogens is 404 g/mol. The third-order valence-corrected chi connectivity index (χ3v) is 6.44. The summed E-state index contributed by atoms with van der Waals surface area (Å²) >= 11 is 0. The topological polar surface area (TPSA) is 75.6 Å². The monoisotopic (exact) mass is 436 g/mol. The standard InChI is InChI=1S/C25H32N4O3/c1-18-20-12-13-22(30)29(16-6-10-19-8-4-3-5-9-19)25(20)27-24(26-18)21-11-7-15-28(21)23(31)14-17-32-2/h3-5,8-9,21H,6-7,10-17H2,1-2H3. The van der Waals surface area contributed by atoms with Gasteiger partial charge in [0.05, 0.1) is 19.1 Å². The molecule has 1 saturated heterocycles. The molecule has 32 heavy (non-hydrogen) atoms. The molecule has 7 nitrogen and oxygen atoms in total. The summed E-state index contributed by atoms with van der Waals surface area (Å²) in [6.07, 6.45) is 5.10. The second-order valence-electron chi connectivity index (χ2n) is 8.59. The molecule has 2 amide bonds. The molecule has 1 atom stereocenters. The minimum atomic E-state index is -0.133. The lowest BCUT2D eigenvalue weighted by molar-refractivity contribution is -0.133. The van der Waals surface area contributed by atoms with E-state index in [4.69, 9.17) is 14.7 Å². The van der Waals surface area contributed by atoms with E-state index in [-0.39, 0.29) is 17.9 Å². The summed E-state index contributed by atoms with van der Waals surface area (Å²) < 4.78 is 5.08. The van der Waals surface area contributed by atoms with E-state index < -0.39 is 0 Å². The number of hydrogen-bond donors (Lipinski definition) is 0. The van der Waals surface area contributed by atoms with Gasteiger partial charge in [0, 0.05) is 37.9 Å². The molecule has 0 aliphatic carbocycles. The van der Waals surface area contributed by atoms with Crippen molar-refractivity contribution in [2.75, 3.05) is 31.7 Å². The number of rotatable bonds is 8. The second-order valence-corrected chi connectivity index (χ2v) is 8.59. The summed E-state index contributed by atoms with van der Waals surface area (Å²) in [6.45, 7) is 3.76. The van der Waals surface area contributed by atoms with Crippen molar-refractivity contribution < 1.29 is 14.3 Å². The summed E-state index contributed by atoms with van der Waals surface area (Å²) in [5.74, 6) is 1.60. The van der Waals surface area contributed by atoms with Crippen molar-refractivity contribution in [2.45, 2.75) is 57.9 Å². The van der Waals surface area contributed by atoms with E-state index in [9.17, 15) is 9.59 Å². The summed E-state index contributed by atoms with van der Waals surface area (Å²) in [6, 6.07) is 10.2. The van der Waals surface area contributed by atoms with Crippen molar-refractivity contribution in [1.82, 2.24) is 14.9 Å². The van der Waals surface area contributed by atoms with E-state index in [1.165, 1.54) is 5.56 Å². The maximum atomic E-state index is 12.8. The molecule has 170 valence electrons. The molecule has 1 aromatic heterocycles. The van der Waals surface area contributed by atoms with Crippen LogP contribution in [0.4, 0.5) is 5.82 Å². The largest absolute Gasteiger partial charge is 0.384 e. The lowest BCUT2D eigenvalue weighted by Gasteiger charge is -2.31. The van der Waals surface area contributed by atoms with Crippen molar-refractivity contribution in [3.63, 3.8) is 0 Å². The van der Waals surface area contributed by atoms with E-state index in [0.717, 1.165) is 42.8 Å². The van der Waals surface area contributed by atoms with Crippen LogP contribution in [0.15, 0.2) is 30.3 Å². The van der Waals surface area contributed by atoms with Gasteiger partial charge in [-0.2, -0.15) is 0 Å². The number of aromatic nitrogens is 2. The first-order valence-electron chi connectivity index (χ1n) is 11.6. The Morgan fingerprint density at radius 3 is 2.78 bits per heavy atom. The minimum absolute atomic E-state index is 0.0733. The maximum absolute atomic E-state index is 12.8. The molecule has 1 unspecified atom stereocenters. The summed E-state index contributed by atoms with van der Waals surface area (Å²) in [7, 11) is 1.61. The smallest absolute Gasteiger partial charge is 0.228 e. The Morgan fingerprint density at radius 2 is 2.00 bits per heavy atom. The van der Waals surface area contributed by atoms with Crippen LogP contribution in [-0.2, 0) is 27.2 Å². The number of anilines is 1. The van der Waals surface area contributed by atoms with Crippen LogP contribution in [0.2, 0.25) is 0 Å². The van der Waals surface area contributed by atoms with E-state index in [1.54, 1.807) is 7.11 Å². The Kier molecular flexibility index (Phi) is 7.15. The van der Waals surface area contributed by atoms with Gasteiger partial charge in [0.25, 0.3) is 0 Å². The molecule has 0 bridgehead atoms. The molecule has 2 aliphatic heterocycles. The van der Waals surface area contributed by atoms with Crippen molar-refractivity contribution in [3.05, 3.63) is 53.0 Å². The van der Waals surface area contributed by atoms with Gasteiger partial charge in [-0.3, -0.25) is 14.5 Å². The number of methoxy groups -OCH3 is 1. The fourth-order valence-corrected chi connectivity index (χ4v) is 4.74. The van der Waals surface area contributed by atoms with Crippen LogP contribution in [0.3, 0.4) is 0 Å². The van der Waals surface area contributed by atoms with Crippen LogP contribution < -0.4 is 4.90 Å². The number of aryl methyl sites for hydroxylation is 2. The molecular formula is C25H32N4O3. The minimum Gasteiger partial charge on any atom is -0.384 e. The van der Waals surface area contributed by atoms with Crippen LogP contribution in [0.25, 0.3) is 0 Å². The Labute approximate surface area is 189 Å². The SMILES string of the molecule is COCCC(=O)N1CCCC1c1nc(C)c2c(n1)N(CCCc1ccccc1)C(=O)CC2. The Morgan fingerprint density at radius 1 is 1.19 bits per heavy atom. The van der Waals surface area contributed by atoms with Crippen LogP contribution >= 0.6 is 0 Å². The fraction of sp³-hybridized carbons (Fsp3) is 0.520. The highest BCUT2D eigenvalue weighted by atomic mass is 16.5. The average Bonchev–Trinajstić information content (AvgIpc) is 3.29. The molecule has 0 saturated carbocycles. The van der Waals surface area contributed by atoms with E-state index in [0.29, 0.717) is 44.8 Å². The first-order chi connectivity index (χ1) is 15.6. The van der Waals surface area contributed by atoms with Crippen LogP contribution in [-0.4, -0.2) is 53.5 Å². The first kappa shape index (κ1) is 22.4. The van der Waals surface area contributed by atoms with Gasteiger partial charge in [0.2, 0.25) is 11.8 Å². The quantitative estimate of drug-likeness (QED) is 0.634. The van der Waals surface area contributed by atoms with E-state index >= 15 is 0 Å². The molecule has 2 aliphatic rings. The van der Waals surface area contributed by atoms with Crippen molar-refractivity contribution in [1.29, 1.82) is 0 Å². The van der Waals surface area contributed by atoms with Gasteiger partial charge in [-0.15, -0.1) is 0 Å². The van der Waals surface area contributed by atoms with Crippen molar-refractivity contribution >= 4 is 17.6 Å². The molecule has 0 spiro atoms. The highest BCUT2D eigenvalue weighted by Crippen LogP contribution is 2.35. The molecule has 7 heteroatoms. The van der Waals surface area contributed by atoms with Crippen LogP contribution in [0.1, 0.15) is 60.8 Å². The third kappa shape index (κ3) is 4.83. The number of likely N-dealkylation sites (tertiary alicyclic amines) is 1. The summed E-state index contributed by atoms with van der Waals surface area (Å²) in [4.78, 5) is 38.9. The normalized spacial score (nSPS) is 18.2. The number of benzene rings is 1. The summed E-state index contributed by atoms with van der Waals surface area (Å²) in [5.41, 5.74) is 3.25. The van der Waals surface area contributed by atoms with Crippen LogP contribution in [0.5, 0.6) is 0 Å². The molecule has 4 rings (SSSR count). The zero-order valence-electron chi connectivity index (χ0n) is 19.0. The molecule has 2 aromatic rings. The molecule has 1 fully saturated rings. The fourth-order valence-electron chi connectivity index (χ4n) is 4.74. The highest BCUT2D eigenvalue weighted by Gasteiger charge is 2.34. The second kappa shape index (κ2) is 10.2. The van der Waals surface area contributed by atoms with Gasteiger partial charge in [-0.1, -0.05) is 30.3 Å². The first-order valence-corrected chi connectivity index (χ1v) is 11.6. The van der Waals surface area contributed by atoms with Gasteiger partial charge in [0.15, 0.2) is 5.82 Å². The van der Waals surface area contributed by atoms with Gasteiger partial charge in [0.1, 0.15) is 5.82 Å². The van der Waals surface area contributed by atoms with Gasteiger partial charge in [-0.05, 0) is 44.6 Å². The van der Waals surface area contributed by atoms with E-state index in [1.807, 2.05) is 34.9 Å². The number of hydrogen-bond acceptors (Lipinski definition) is 5. The number of carbonyl (C=O) groups is 2. The average molecular weight is 437 g/mol. The number of amides is 2. The number of carbonyl (C=O) groups excluding carboxylic acids is 2. The zero-order valence-corrected chi connectivity index (χ0v) is 19.0. The van der Waals surface area contributed by atoms with Gasteiger partial charge in [-0.25, -0.2) is 9.97 Å². The molecule has 1 aromatic carbocycles. The van der Waals surface area contributed by atoms with Crippen molar-refractivity contribution in [3.8, 4) is 0 Å². The number of nitrogens with zero attached hydrogens (tertiary/aromatic N) is 4. The molecule has 3 heterocycles. The lowest BCUT2D eigenvalue weighted by Crippen LogP contribution is -2.38. The van der Waals surface area contributed by atoms with Gasteiger partial charge < -0.3 is 9.64 Å². The highest BCUT2D eigenvalue weighted by molar-refractivity contribution is 5.95. The zero-order chi connectivity index (χ0) is 22.5. The Bertz CT molecular complexity index is 963. The predicted octanol–water partition coefficient (Wildman–Crippen LogP) is 3.40.